The zero-order valence-corrected chi connectivity index (χ0v) is 22.5. The molecule has 0 spiro atoms. The van der Waals surface area contributed by atoms with E-state index in [1.54, 1.807) is 0 Å². The minimum Gasteiger partial charge on any atom is -0.490 e. The highest BCUT2D eigenvalue weighted by Gasteiger charge is 2.26. The van der Waals surface area contributed by atoms with Crippen LogP contribution in [0, 0.1) is 11.8 Å². The first-order chi connectivity index (χ1) is 16.5. The van der Waals surface area contributed by atoms with Crippen LogP contribution in [0.4, 0.5) is 0 Å². The maximum absolute atomic E-state index is 6.12. The topological polar surface area (TPSA) is 36.9 Å². The largest absolute Gasteiger partial charge is 0.490 e. The van der Waals surface area contributed by atoms with Gasteiger partial charge >= 0.3 is 0 Å². The highest BCUT2D eigenvalue weighted by Crippen LogP contribution is 2.42. The van der Waals surface area contributed by atoms with E-state index in [-0.39, 0.29) is 5.92 Å². The van der Waals surface area contributed by atoms with E-state index in [0.29, 0.717) is 38.3 Å². The number of benzene rings is 2. The van der Waals surface area contributed by atoms with Gasteiger partial charge in [0.25, 0.3) is 0 Å². The average Bonchev–Trinajstić information content (AvgIpc) is 2.84. The molecule has 0 fully saturated rings. The Morgan fingerprint density at radius 1 is 0.529 bits per heavy atom. The zero-order chi connectivity index (χ0) is 24.9. The number of rotatable bonds is 16. The molecule has 0 radical (unpaired) electrons. The molecule has 0 saturated carbocycles. The van der Waals surface area contributed by atoms with Crippen LogP contribution < -0.4 is 18.9 Å². The fourth-order valence-corrected chi connectivity index (χ4v) is 3.93. The van der Waals surface area contributed by atoms with Crippen LogP contribution in [0.25, 0.3) is 0 Å². The van der Waals surface area contributed by atoms with E-state index >= 15 is 0 Å². The molecule has 0 aliphatic heterocycles. The molecule has 0 aromatic heterocycles. The molecular formula is C30H46O4. The fourth-order valence-electron chi connectivity index (χ4n) is 3.93. The standard InChI is InChI=1S/C30H46O4/c1-8-16-31-26-14-12-24(20-28(26)33-18-10-3)30(23(7)22(5)6)25-13-15-27(32-17-9-2)29(21-25)34-19-11-4/h12-15,20-23,30H,8-11,16-19H2,1-7H3. The molecule has 4 nitrogen and oxygen atoms in total. The van der Waals surface area contributed by atoms with Crippen molar-refractivity contribution in [2.75, 3.05) is 26.4 Å². The van der Waals surface area contributed by atoms with Gasteiger partial charge in [0.2, 0.25) is 0 Å². The molecule has 2 aromatic carbocycles. The first kappa shape index (κ1) is 27.9. The van der Waals surface area contributed by atoms with E-state index in [4.69, 9.17) is 18.9 Å². The Kier molecular flexibility index (Phi) is 12.1. The van der Waals surface area contributed by atoms with E-state index < -0.39 is 0 Å². The Hall–Kier alpha value is -2.36. The van der Waals surface area contributed by atoms with Crippen LogP contribution >= 0.6 is 0 Å². The molecule has 0 saturated heterocycles. The second-order valence-corrected chi connectivity index (χ2v) is 9.39. The first-order valence-corrected chi connectivity index (χ1v) is 13.3. The van der Waals surface area contributed by atoms with Gasteiger partial charge in [0, 0.05) is 5.92 Å². The van der Waals surface area contributed by atoms with E-state index in [1.165, 1.54) is 11.1 Å². The summed E-state index contributed by atoms with van der Waals surface area (Å²) in [6.07, 6.45) is 3.85. The summed E-state index contributed by atoms with van der Waals surface area (Å²) >= 11 is 0. The van der Waals surface area contributed by atoms with Crippen LogP contribution in [0.1, 0.15) is 91.2 Å². The molecule has 0 heterocycles. The van der Waals surface area contributed by atoms with Crippen LogP contribution in [0.5, 0.6) is 23.0 Å². The minimum absolute atomic E-state index is 0.202. The van der Waals surface area contributed by atoms with Crippen LogP contribution in [-0.2, 0) is 0 Å². The van der Waals surface area contributed by atoms with Crippen molar-refractivity contribution >= 4 is 0 Å². The van der Waals surface area contributed by atoms with Gasteiger partial charge in [-0.15, -0.1) is 0 Å². The van der Waals surface area contributed by atoms with Crippen molar-refractivity contribution in [1.29, 1.82) is 0 Å². The monoisotopic (exact) mass is 470 g/mol. The van der Waals surface area contributed by atoms with Gasteiger partial charge in [-0.25, -0.2) is 0 Å². The predicted octanol–water partition coefficient (Wildman–Crippen LogP) is 8.27. The lowest BCUT2D eigenvalue weighted by Crippen LogP contribution is -2.17. The summed E-state index contributed by atoms with van der Waals surface area (Å²) in [4.78, 5) is 0. The Balaban J connectivity index is 2.53. The third-order valence-corrected chi connectivity index (χ3v) is 6.08. The Morgan fingerprint density at radius 3 is 1.21 bits per heavy atom. The van der Waals surface area contributed by atoms with Crippen molar-refractivity contribution in [3.05, 3.63) is 47.5 Å². The first-order valence-electron chi connectivity index (χ1n) is 13.3. The van der Waals surface area contributed by atoms with Crippen molar-refractivity contribution in [3.8, 4) is 23.0 Å². The third-order valence-electron chi connectivity index (χ3n) is 6.08. The van der Waals surface area contributed by atoms with Gasteiger partial charge in [-0.05, 0) is 72.9 Å². The van der Waals surface area contributed by atoms with E-state index in [0.717, 1.165) is 48.7 Å². The van der Waals surface area contributed by atoms with Gasteiger partial charge in [0.05, 0.1) is 26.4 Å². The molecule has 0 N–H and O–H groups in total. The van der Waals surface area contributed by atoms with Gasteiger partial charge in [-0.2, -0.15) is 0 Å². The van der Waals surface area contributed by atoms with Crippen LogP contribution in [0.2, 0.25) is 0 Å². The molecule has 190 valence electrons. The Labute approximate surface area is 208 Å². The summed E-state index contributed by atoms with van der Waals surface area (Å²) in [5.41, 5.74) is 2.47. The van der Waals surface area contributed by atoms with E-state index in [1.807, 2.05) is 0 Å². The normalized spacial score (nSPS) is 12.1. The Bertz CT molecular complexity index is 782. The molecule has 34 heavy (non-hydrogen) atoms. The second-order valence-electron chi connectivity index (χ2n) is 9.39. The quantitative estimate of drug-likeness (QED) is 0.247. The summed E-state index contributed by atoms with van der Waals surface area (Å²) in [7, 11) is 0. The number of hydrogen-bond donors (Lipinski definition) is 0. The molecule has 1 unspecified atom stereocenters. The fraction of sp³-hybridized carbons (Fsp3) is 0.600. The second kappa shape index (κ2) is 14.8. The number of ether oxygens (including phenoxy) is 4. The molecule has 0 bridgehead atoms. The maximum atomic E-state index is 6.12. The smallest absolute Gasteiger partial charge is 0.161 e. The minimum atomic E-state index is 0.202. The molecule has 0 aliphatic carbocycles. The maximum Gasteiger partial charge on any atom is 0.161 e. The molecule has 1 atom stereocenters. The van der Waals surface area contributed by atoms with Gasteiger partial charge in [0.15, 0.2) is 23.0 Å². The lowest BCUT2D eigenvalue weighted by molar-refractivity contribution is 0.266. The highest BCUT2D eigenvalue weighted by atomic mass is 16.5. The molecule has 4 heteroatoms. The average molecular weight is 471 g/mol. The summed E-state index contributed by atoms with van der Waals surface area (Å²) in [6.45, 7) is 18.1. The summed E-state index contributed by atoms with van der Waals surface area (Å²) in [6, 6.07) is 12.9. The van der Waals surface area contributed by atoms with Gasteiger partial charge in [-0.3, -0.25) is 0 Å². The van der Waals surface area contributed by atoms with Crippen molar-refractivity contribution in [1.82, 2.24) is 0 Å². The van der Waals surface area contributed by atoms with Crippen LogP contribution in [-0.4, -0.2) is 26.4 Å². The van der Waals surface area contributed by atoms with Crippen molar-refractivity contribution in [2.45, 2.75) is 80.1 Å². The highest BCUT2D eigenvalue weighted by molar-refractivity contribution is 5.50. The van der Waals surface area contributed by atoms with Crippen LogP contribution in [0.15, 0.2) is 36.4 Å². The lowest BCUT2D eigenvalue weighted by Gasteiger charge is -2.29. The SMILES string of the molecule is CCCOc1ccc(C(c2ccc(OCCC)c(OCCC)c2)C(C)C(C)C)cc1OCCC. The third kappa shape index (κ3) is 7.85. The summed E-state index contributed by atoms with van der Waals surface area (Å²) < 4.78 is 24.2. The van der Waals surface area contributed by atoms with Crippen molar-refractivity contribution in [2.24, 2.45) is 11.8 Å². The van der Waals surface area contributed by atoms with Gasteiger partial charge in [-0.1, -0.05) is 60.6 Å². The summed E-state index contributed by atoms with van der Waals surface area (Å²) in [5, 5.41) is 0. The van der Waals surface area contributed by atoms with Crippen LogP contribution in [0.3, 0.4) is 0 Å². The number of hydrogen-bond acceptors (Lipinski definition) is 4. The van der Waals surface area contributed by atoms with Crippen molar-refractivity contribution in [3.63, 3.8) is 0 Å². The van der Waals surface area contributed by atoms with E-state index in [9.17, 15) is 0 Å². The molecular weight excluding hydrogens is 424 g/mol. The molecule has 0 aliphatic rings. The van der Waals surface area contributed by atoms with Crippen molar-refractivity contribution < 1.29 is 18.9 Å². The Morgan fingerprint density at radius 2 is 0.882 bits per heavy atom. The van der Waals surface area contributed by atoms with E-state index in [2.05, 4.69) is 84.9 Å². The molecule has 2 aromatic rings. The zero-order valence-electron chi connectivity index (χ0n) is 22.5. The van der Waals surface area contributed by atoms with Gasteiger partial charge in [0.1, 0.15) is 0 Å². The lowest BCUT2D eigenvalue weighted by atomic mass is 9.76. The predicted molar refractivity (Wildman–Crippen MR) is 142 cm³/mol. The molecule has 2 rings (SSSR count). The summed E-state index contributed by atoms with van der Waals surface area (Å²) in [5.74, 6) is 4.45. The molecule has 0 amide bonds. The van der Waals surface area contributed by atoms with Gasteiger partial charge < -0.3 is 18.9 Å².